The van der Waals surface area contributed by atoms with Crippen LogP contribution in [0.2, 0.25) is 0 Å². The van der Waals surface area contributed by atoms with E-state index in [1.54, 1.807) is 19.1 Å². The lowest BCUT2D eigenvalue weighted by Gasteiger charge is -2.07. The topological polar surface area (TPSA) is 12.9 Å². The first-order valence-electron chi connectivity index (χ1n) is 5.18. The van der Waals surface area contributed by atoms with E-state index in [2.05, 4.69) is 4.98 Å². The van der Waals surface area contributed by atoms with Crippen LogP contribution in [0.5, 0.6) is 0 Å². The van der Waals surface area contributed by atoms with E-state index in [0.29, 0.717) is 16.8 Å². The Kier molecular flexibility index (Phi) is 3.07. The summed E-state index contributed by atoms with van der Waals surface area (Å²) >= 11 is 0. The van der Waals surface area contributed by atoms with Crippen LogP contribution in [0.15, 0.2) is 36.5 Å². The van der Waals surface area contributed by atoms with Crippen molar-refractivity contribution in [2.24, 2.45) is 0 Å². The molecule has 0 fully saturated rings. The summed E-state index contributed by atoms with van der Waals surface area (Å²) in [6, 6.07) is 6.59. The summed E-state index contributed by atoms with van der Waals surface area (Å²) in [6.45, 7) is 1.61. The Labute approximate surface area is 101 Å². The van der Waals surface area contributed by atoms with Crippen molar-refractivity contribution in [3.63, 3.8) is 0 Å². The van der Waals surface area contributed by atoms with Crippen LogP contribution in [0, 0.1) is 12.7 Å². The molecule has 2 aromatic rings. The van der Waals surface area contributed by atoms with E-state index < -0.39 is 17.6 Å². The van der Waals surface area contributed by atoms with Crippen LogP contribution in [0.25, 0.3) is 11.3 Å². The van der Waals surface area contributed by atoms with Gasteiger partial charge in [-0.1, -0.05) is 12.1 Å². The number of hydrogen-bond donors (Lipinski definition) is 0. The number of benzene rings is 1. The van der Waals surface area contributed by atoms with Gasteiger partial charge in [0, 0.05) is 11.8 Å². The van der Waals surface area contributed by atoms with Gasteiger partial charge in [0.1, 0.15) is 5.82 Å². The fraction of sp³-hybridized carbons (Fsp3) is 0.154. The van der Waals surface area contributed by atoms with Crippen molar-refractivity contribution in [3.05, 3.63) is 53.5 Å². The van der Waals surface area contributed by atoms with Gasteiger partial charge in [-0.05, 0) is 30.7 Å². The Balaban J connectivity index is 2.37. The number of aryl methyl sites for hydroxylation is 1. The van der Waals surface area contributed by atoms with Crippen molar-refractivity contribution in [2.45, 2.75) is 13.1 Å². The lowest BCUT2D eigenvalue weighted by atomic mass is 10.1. The Morgan fingerprint density at radius 3 is 2.28 bits per heavy atom. The number of pyridine rings is 1. The quantitative estimate of drug-likeness (QED) is 0.695. The van der Waals surface area contributed by atoms with Crippen molar-refractivity contribution in [3.8, 4) is 11.3 Å². The van der Waals surface area contributed by atoms with Crippen molar-refractivity contribution >= 4 is 0 Å². The highest BCUT2D eigenvalue weighted by atomic mass is 19.4. The minimum absolute atomic E-state index is 0.307. The normalized spacial score (nSPS) is 11.6. The van der Waals surface area contributed by atoms with Gasteiger partial charge in [0.05, 0.1) is 11.3 Å². The third-order valence-electron chi connectivity index (χ3n) is 2.56. The molecule has 1 nitrogen and oxygen atoms in total. The molecule has 1 aromatic carbocycles. The first kappa shape index (κ1) is 12.5. The van der Waals surface area contributed by atoms with Crippen LogP contribution in [0.4, 0.5) is 17.6 Å². The molecule has 0 aliphatic carbocycles. The van der Waals surface area contributed by atoms with E-state index in [4.69, 9.17) is 0 Å². The molecular weight excluding hydrogens is 246 g/mol. The number of hydrogen-bond acceptors (Lipinski definition) is 1. The van der Waals surface area contributed by atoms with Crippen LogP contribution in [-0.2, 0) is 6.18 Å². The van der Waals surface area contributed by atoms with Crippen LogP contribution in [-0.4, -0.2) is 4.98 Å². The van der Waals surface area contributed by atoms with Gasteiger partial charge in [-0.3, -0.25) is 4.98 Å². The summed E-state index contributed by atoms with van der Waals surface area (Å²) in [5.74, 6) is -0.408. The predicted octanol–water partition coefficient (Wildman–Crippen LogP) is 4.21. The average molecular weight is 255 g/mol. The molecule has 1 aromatic heterocycles. The maximum Gasteiger partial charge on any atom is 0.417 e. The molecule has 0 aliphatic heterocycles. The molecule has 0 aliphatic rings. The van der Waals surface area contributed by atoms with E-state index in [-0.39, 0.29) is 0 Å². The van der Waals surface area contributed by atoms with Gasteiger partial charge in [-0.15, -0.1) is 0 Å². The molecule has 0 radical (unpaired) electrons. The maximum absolute atomic E-state index is 13.3. The standard InChI is InChI=1S/C13H9F4N/c1-8-2-3-9(6-11(8)14)12-5-4-10(7-18-12)13(15,16)17/h2-7H,1H3. The van der Waals surface area contributed by atoms with Crippen LogP contribution in [0.1, 0.15) is 11.1 Å². The molecule has 0 amide bonds. The molecule has 2 rings (SSSR count). The van der Waals surface area contributed by atoms with Crippen LogP contribution in [0.3, 0.4) is 0 Å². The molecule has 0 atom stereocenters. The zero-order valence-electron chi connectivity index (χ0n) is 9.42. The van der Waals surface area contributed by atoms with Gasteiger partial charge in [0.25, 0.3) is 0 Å². The molecule has 94 valence electrons. The molecule has 0 bridgehead atoms. The summed E-state index contributed by atoms with van der Waals surface area (Å²) in [6.07, 6.45) is -3.67. The second-order valence-corrected chi connectivity index (χ2v) is 3.89. The van der Waals surface area contributed by atoms with Gasteiger partial charge in [0.2, 0.25) is 0 Å². The lowest BCUT2D eigenvalue weighted by molar-refractivity contribution is -0.137. The number of nitrogens with zero attached hydrogens (tertiary/aromatic N) is 1. The van der Waals surface area contributed by atoms with Crippen molar-refractivity contribution in [1.82, 2.24) is 4.98 Å². The highest BCUT2D eigenvalue weighted by Gasteiger charge is 2.30. The van der Waals surface area contributed by atoms with Gasteiger partial charge < -0.3 is 0 Å². The number of rotatable bonds is 1. The lowest BCUT2D eigenvalue weighted by Crippen LogP contribution is -2.05. The molecule has 18 heavy (non-hydrogen) atoms. The Hall–Kier alpha value is -1.91. The third-order valence-corrected chi connectivity index (χ3v) is 2.56. The second kappa shape index (κ2) is 4.40. The van der Waals surface area contributed by atoms with Crippen molar-refractivity contribution in [1.29, 1.82) is 0 Å². The number of alkyl halides is 3. The molecule has 5 heteroatoms. The first-order valence-corrected chi connectivity index (χ1v) is 5.18. The minimum atomic E-state index is -4.41. The van der Waals surface area contributed by atoms with Crippen molar-refractivity contribution < 1.29 is 17.6 Å². The van der Waals surface area contributed by atoms with Crippen LogP contribution < -0.4 is 0 Å². The highest BCUT2D eigenvalue weighted by molar-refractivity contribution is 5.59. The SMILES string of the molecule is Cc1ccc(-c2ccc(C(F)(F)F)cn2)cc1F. The monoisotopic (exact) mass is 255 g/mol. The fourth-order valence-electron chi connectivity index (χ4n) is 1.48. The van der Waals surface area contributed by atoms with E-state index >= 15 is 0 Å². The highest BCUT2D eigenvalue weighted by Crippen LogP contribution is 2.29. The molecule has 0 unspecified atom stereocenters. The molecule has 0 spiro atoms. The first-order chi connectivity index (χ1) is 8.38. The Bertz CT molecular complexity index is 558. The fourth-order valence-corrected chi connectivity index (χ4v) is 1.48. The summed E-state index contributed by atoms with van der Waals surface area (Å²) in [5.41, 5.74) is 0.415. The smallest absolute Gasteiger partial charge is 0.256 e. The summed E-state index contributed by atoms with van der Waals surface area (Å²) in [4.78, 5) is 3.70. The van der Waals surface area contributed by atoms with Gasteiger partial charge >= 0.3 is 6.18 Å². The van der Waals surface area contributed by atoms with Gasteiger partial charge in [-0.25, -0.2) is 4.39 Å². The number of halogens is 4. The van der Waals surface area contributed by atoms with Gasteiger partial charge in [-0.2, -0.15) is 13.2 Å². The maximum atomic E-state index is 13.3. The van der Waals surface area contributed by atoms with E-state index in [1.807, 2.05) is 0 Å². The Morgan fingerprint density at radius 1 is 1.06 bits per heavy atom. The van der Waals surface area contributed by atoms with E-state index in [0.717, 1.165) is 12.3 Å². The largest absolute Gasteiger partial charge is 0.417 e. The molecule has 0 N–H and O–H groups in total. The summed E-state index contributed by atoms with van der Waals surface area (Å²) in [5, 5.41) is 0. The Morgan fingerprint density at radius 2 is 1.78 bits per heavy atom. The minimum Gasteiger partial charge on any atom is -0.256 e. The molecule has 0 saturated carbocycles. The average Bonchev–Trinajstić information content (AvgIpc) is 2.32. The molecule has 0 saturated heterocycles. The molecular formula is C13H9F4N. The second-order valence-electron chi connectivity index (χ2n) is 3.89. The van der Waals surface area contributed by atoms with Gasteiger partial charge in [0.15, 0.2) is 0 Å². The van der Waals surface area contributed by atoms with Crippen molar-refractivity contribution in [2.75, 3.05) is 0 Å². The van der Waals surface area contributed by atoms with Crippen LogP contribution >= 0.6 is 0 Å². The van der Waals surface area contributed by atoms with E-state index in [1.165, 1.54) is 12.1 Å². The number of aromatic nitrogens is 1. The zero-order valence-corrected chi connectivity index (χ0v) is 9.42. The third kappa shape index (κ3) is 2.50. The predicted molar refractivity (Wildman–Crippen MR) is 59.4 cm³/mol. The zero-order chi connectivity index (χ0) is 13.3. The molecule has 1 heterocycles. The summed E-state index contributed by atoms with van der Waals surface area (Å²) < 4.78 is 50.3. The summed E-state index contributed by atoms with van der Waals surface area (Å²) in [7, 11) is 0. The van der Waals surface area contributed by atoms with E-state index in [9.17, 15) is 17.6 Å².